The number of carbonyl (C=O) groups is 2. The number of amides is 2. The fourth-order valence-corrected chi connectivity index (χ4v) is 6.46. The molecule has 5 rings (SSSR count). The number of rotatable bonds is 4. The SMILES string of the molecule is COC(=O)CCNC(=O)N1Cc2c(sc3c2CCCC3)-n2cccc2[C@H]1c1cccc(C)c1. The van der Waals surface area contributed by atoms with Crippen LogP contribution in [-0.2, 0) is 28.9 Å². The Balaban J connectivity index is 1.59. The molecule has 0 unspecified atom stereocenters. The fourth-order valence-electron chi connectivity index (χ4n) is 5.05. The summed E-state index contributed by atoms with van der Waals surface area (Å²) < 4.78 is 7.01. The first-order chi connectivity index (χ1) is 16.1. The van der Waals surface area contributed by atoms with E-state index in [0.29, 0.717) is 6.54 Å². The molecule has 3 aromatic rings. The molecule has 1 aromatic carbocycles. The summed E-state index contributed by atoms with van der Waals surface area (Å²) in [6, 6.07) is 12.2. The number of fused-ring (bicyclic) bond motifs is 5. The van der Waals surface area contributed by atoms with Gasteiger partial charge in [0, 0.05) is 23.2 Å². The number of hydrogen-bond acceptors (Lipinski definition) is 4. The number of urea groups is 1. The second-order valence-corrected chi connectivity index (χ2v) is 9.88. The summed E-state index contributed by atoms with van der Waals surface area (Å²) in [6.07, 6.45) is 6.90. The van der Waals surface area contributed by atoms with E-state index in [4.69, 9.17) is 4.74 Å². The maximum absolute atomic E-state index is 13.6. The van der Waals surface area contributed by atoms with E-state index in [-0.39, 0.29) is 31.0 Å². The van der Waals surface area contributed by atoms with Crippen LogP contribution >= 0.6 is 11.3 Å². The number of ether oxygens (including phenoxy) is 1. The average molecular weight is 464 g/mol. The molecule has 0 saturated heterocycles. The zero-order valence-electron chi connectivity index (χ0n) is 19.1. The normalized spacial score (nSPS) is 16.9. The van der Waals surface area contributed by atoms with Crippen molar-refractivity contribution < 1.29 is 14.3 Å². The fraction of sp³-hybridized carbons (Fsp3) is 0.385. The van der Waals surface area contributed by atoms with Crippen LogP contribution in [-0.4, -0.2) is 35.1 Å². The Bertz CT molecular complexity index is 1200. The largest absolute Gasteiger partial charge is 0.469 e. The first-order valence-electron chi connectivity index (χ1n) is 11.6. The molecular weight excluding hydrogens is 434 g/mol. The van der Waals surface area contributed by atoms with E-state index in [1.165, 1.54) is 41.0 Å². The Morgan fingerprint density at radius 2 is 2.00 bits per heavy atom. The van der Waals surface area contributed by atoms with Gasteiger partial charge in [-0.1, -0.05) is 29.8 Å². The standard InChI is InChI=1S/C26H29N3O3S/c1-17-7-5-8-18(15-17)24-21-10-6-14-28(21)25-20(19-9-3-4-11-22(19)33-25)16-29(24)26(31)27-13-12-23(30)32-2/h5-8,10,14-15,24H,3-4,9,11-13,16H2,1-2H3,(H,27,31)/t24-/m1/s1. The van der Waals surface area contributed by atoms with Crippen LogP contribution in [0.25, 0.3) is 5.00 Å². The summed E-state index contributed by atoms with van der Waals surface area (Å²) in [7, 11) is 1.36. The molecule has 2 aromatic heterocycles. The van der Waals surface area contributed by atoms with Crippen LogP contribution in [0.3, 0.4) is 0 Å². The van der Waals surface area contributed by atoms with Crippen LogP contribution in [0.4, 0.5) is 4.79 Å². The van der Waals surface area contributed by atoms with Gasteiger partial charge in [-0.2, -0.15) is 0 Å². The number of aryl methyl sites for hydroxylation is 2. The lowest BCUT2D eigenvalue weighted by molar-refractivity contribution is -0.140. The van der Waals surface area contributed by atoms with Crippen LogP contribution in [0.2, 0.25) is 0 Å². The Morgan fingerprint density at radius 1 is 1.15 bits per heavy atom. The molecular formula is C26H29N3O3S. The molecule has 0 saturated carbocycles. The molecule has 0 spiro atoms. The zero-order valence-corrected chi connectivity index (χ0v) is 19.9. The summed E-state index contributed by atoms with van der Waals surface area (Å²) in [5.74, 6) is -0.329. The highest BCUT2D eigenvalue weighted by molar-refractivity contribution is 7.15. The van der Waals surface area contributed by atoms with E-state index < -0.39 is 0 Å². The highest BCUT2D eigenvalue weighted by atomic mass is 32.1. The third kappa shape index (κ3) is 4.06. The second kappa shape index (κ2) is 9.06. The first kappa shape index (κ1) is 21.8. The molecule has 7 heteroatoms. The van der Waals surface area contributed by atoms with E-state index in [1.54, 1.807) is 0 Å². The number of thiophene rings is 1. The van der Waals surface area contributed by atoms with Gasteiger partial charge in [0.2, 0.25) is 0 Å². The highest BCUT2D eigenvalue weighted by Gasteiger charge is 2.36. The molecule has 1 atom stereocenters. The topological polar surface area (TPSA) is 63.6 Å². The average Bonchev–Trinajstić information content (AvgIpc) is 3.40. The number of hydrogen-bond donors (Lipinski definition) is 1. The molecule has 1 N–H and O–H groups in total. The van der Waals surface area contributed by atoms with Crippen molar-refractivity contribution in [3.63, 3.8) is 0 Å². The van der Waals surface area contributed by atoms with Crippen molar-refractivity contribution in [1.29, 1.82) is 0 Å². The quantitative estimate of drug-likeness (QED) is 0.560. The maximum Gasteiger partial charge on any atom is 0.318 e. The van der Waals surface area contributed by atoms with Crippen LogP contribution in [0, 0.1) is 6.92 Å². The molecule has 0 bridgehead atoms. The van der Waals surface area contributed by atoms with Crippen molar-refractivity contribution in [1.82, 2.24) is 14.8 Å². The highest BCUT2D eigenvalue weighted by Crippen LogP contribution is 2.44. The summed E-state index contributed by atoms with van der Waals surface area (Å²) in [6.45, 7) is 2.87. The van der Waals surface area contributed by atoms with Crippen molar-refractivity contribution >= 4 is 23.3 Å². The Labute approximate surface area is 198 Å². The van der Waals surface area contributed by atoms with Gasteiger partial charge in [0.05, 0.1) is 31.8 Å². The Kier molecular flexibility index (Phi) is 5.98. The van der Waals surface area contributed by atoms with Crippen molar-refractivity contribution in [3.05, 3.63) is 75.4 Å². The molecule has 33 heavy (non-hydrogen) atoms. The number of nitrogens with zero attached hydrogens (tertiary/aromatic N) is 2. The Morgan fingerprint density at radius 3 is 2.82 bits per heavy atom. The lowest BCUT2D eigenvalue weighted by atomic mass is 9.95. The molecule has 6 nitrogen and oxygen atoms in total. The van der Waals surface area contributed by atoms with E-state index in [0.717, 1.165) is 29.7 Å². The maximum atomic E-state index is 13.6. The van der Waals surface area contributed by atoms with Crippen LogP contribution < -0.4 is 5.32 Å². The third-order valence-electron chi connectivity index (χ3n) is 6.63. The number of methoxy groups -OCH3 is 1. The second-order valence-electron chi connectivity index (χ2n) is 8.80. The van der Waals surface area contributed by atoms with Gasteiger partial charge >= 0.3 is 12.0 Å². The lowest BCUT2D eigenvalue weighted by Gasteiger charge is -2.31. The van der Waals surface area contributed by atoms with Gasteiger partial charge in [-0.25, -0.2) is 4.79 Å². The number of nitrogens with one attached hydrogen (secondary N) is 1. The van der Waals surface area contributed by atoms with Gasteiger partial charge in [0.1, 0.15) is 5.00 Å². The summed E-state index contributed by atoms with van der Waals surface area (Å²) in [4.78, 5) is 28.6. The van der Waals surface area contributed by atoms with Crippen molar-refractivity contribution in [2.24, 2.45) is 0 Å². The van der Waals surface area contributed by atoms with E-state index in [2.05, 4.69) is 53.3 Å². The predicted octanol–water partition coefficient (Wildman–Crippen LogP) is 4.90. The van der Waals surface area contributed by atoms with Gasteiger partial charge in [-0.3, -0.25) is 4.79 Å². The number of esters is 1. The Hall–Kier alpha value is -3.06. The van der Waals surface area contributed by atoms with E-state index >= 15 is 0 Å². The summed E-state index contributed by atoms with van der Waals surface area (Å²) in [5, 5.41) is 4.21. The van der Waals surface area contributed by atoms with Crippen LogP contribution in [0.15, 0.2) is 42.6 Å². The molecule has 172 valence electrons. The van der Waals surface area contributed by atoms with Crippen LogP contribution in [0.5, 0.6) is 0 Å². The van der Waals surface area contributed by atoms with Gasteiger partial charge in [-0.15, -0.1) is 11.3 Å². The van der Waals surface area contributed by atoms with Gasteiger partial charge < -0.3 is 19.5 Å². The first-order valence-corrected chi connectivity index (χ1v) is 12.4. The van der Waals surface area contributed by atoms with Crippen molar-refractivity contribution in [3.8, 4) is 5.00 Å². The van der Waals surface area contributed by atoms with Gasteiger partial charge in [0.15, 0.2) is 0 Å². The van der Waals surface area contributed by atoms with Gasteiger partial charge in [0.25, 0.3) is 0 Å². The summed E-state index contributed by atoms with van der Waals surface area (Å²) >= 11 is 1.88. The molecule has 3 heterocycles. The predicted molar refractivity (Wildman–Crippen MR) is 129 cm³/mol. The van der Waals surface area contributed by atoms with Crippen molar-refractivity contribution in [2.75, 3.05) is 13.7 Å². The van der Waals surface area contributed by atoms with E-state index in [9.17, 15) is 9.59 Å². The van der Waals surface area contributed by atoms with Crippen molar-refractivity contribution in [2.45, 2.75) is 51.6 Å². The van der Waals surface area contributed by atoms with Crippen LogP contribution in [0.1, 0.15) is 58.1 Å². The minimum Gasteiger partial charge on any atom is -0.469 e. The minimum atomic E-state index is -0.329. The smallest absolute Gasteiger partial charge is 0.318 e. The monoisotopic (exact) mass is 463 g/mol. The molecule has 1 aliphatic carbocycles. The number of benzene rings is 1. The molecule has 2 aliphatic rings. The third-order valence-corrected chi connectivity index (χ3v) is 7.96. The molecule has 1 aliphatic heterocycles. The molecule has 2 amide bonds. The number of aromatic nitrogens is 1. The summed E-state index contributed by atoms with van der Waals surface area (Å²) in [5.41, 5.74) is 6.03. The number of carbonyl (C=O) groups excluding carboxylic acids is 2. The minimum absolute atomic E-state index is 0.153. The molecule has 0 radical (unpaired) electrons. The zero-order chi connectivity index (χ0) is 22.9. The molecule has 0 fully saturated rings. The van der Waals surface area contributed by atoms with Gasteiger partial charge in [-0.05, 0) is 55.9 Å². The van der Waals surface area contributed by atoms with E-state index in [1.807, 2.05) is 22.3 Å². The lowest BCUT2D eigenvalue weighted by Crippen LogP contribution is -2.42.